The van der Waals surface area contributed by atoms with Crippen molar-refractivity contribution < 1.29 is 18.0 Å². The Hall–Kier alpha value is -2.94. The van der Waals surface area contributed by atoms with Crippen LogP contribution in [0.4, 0.5) is 5.69 Å². The first-order valence-corrected chi connectivity index (χ1v) is 11.8. The number of carbonyl (C=O) groups is 2. The topological polar surface area (TPSA) is 99.7 Å². The fourth-order valence-electron chi connectivity index (χ4n) is 4.47. The first-order valence-electron chi connectivity index (χ1n) is 10.4. The number of nitrogens with one attached hydrogen (secondary N) is 1. The van der Waals surface area contributed by atoms with E-state index in [-0.39, 0.29) is 22.6 Å². The maximum atomic E-state index is 13.3. The lowest BCUT2D eigenvalue weighted by Crippen LogP contribution is -2.36. The molecule has 0 saturated carbocycles. The summed E-state index contributed by atoms with van der Waals surface area (Å²) in [6.07, 6.45) is 5.81. The molecule has 1 fully saturated rings. The number of carbonyl (C=O) groups excluding carboxylic acids is 2. The minimum Gasteiger partial charge on any atom is -0.355 e. The molecule has 1 aromatic carbocycles. The quantitative estimate of drug-likeness (QED) is 0.780. The average Bonchev–Trinajstić information content (AvgIpc) is 3.24. The second-order valence-electron chi connectivity index (χ2n) is 7.94. The number of piperidine rings is 1. The van der Waals surface area contributed by atoms with Crippen molar-refractivity contribution in [2.45, 2.75) is 37.0 Å². The van der Waals surface area contributed by atoms with Crippen molar-refractivity contribution in [2.75, 3.05) is 31.0 Å². The number of pyridine rings is 1. The Bertz CT molecular complexity index is 1110. The molecule has 1 saturated heterocycles. The number of benzene rings is 1. The van der Waals surface area contributed by atoms with Gasteiger partial charge in [0.15, 0.2) is 0 Å². The summed E-state index contributed by atoms with van der Waals surface area (Å²) in [5, 5.41) is 2.53. The largest absolute Gasteiger partial charge is 0.355 e. The number of anilines is 1. The molecule has 164 valence electrons. The van der Waals surface area contributed by atoms with E-state index in [2.05, 4.69) is 10.3 Å². The Kier molecular flexibility index (Phi) is 5.70. The maximum Gasteiger partial charge on any atom is 0.264 e. The lowest BCUT2D eigenvalue weighted by Gasteiger charge is -2.32. The van der Waals surface area contributed by atoms with Crippen molar-refractivity contribution in [3.8, 4) is 0 Å². The van der Waals surface area contributed by atoms with Gasteiger partial charge in [0.05, 0.1) is 16.8 Å². The van der Waals surface area contributed by atoms with Crippen molar-refractivity contribution in [3.63, 3.8) is 0 Å². The zero-order valence-corrected chi connectivity index (χ0v) is 18.5. The van der Waals surface area contributed by atoms with Crippen LogP contribution in [0.1, 0.15) is 47.2 Å². The molecule has 0 aliphatic carbocycles. The first kappa shape index (κ1) is 21.3. The minimum atomic E-state index is -3.76. The predicted molar refractivity (Wildman–Crippen MR) is 117 cm³/mol. The number of amides is 2. The molecule has 0 unspecified atom stereocenters. The van der Waals surface area contributed by atoms with E-state index in [9.17, 15) is 18.0 Å². The highest BCUT2D eigenvalue weighted by Gasteiger charge is 2.34. The molecule has 3 heterocycles. The molecule has 31 heavy (non-hydrogen) atoms. The minimum absolute atomic E-state index is 0.0922. The van der Waals surface area contributed by atoms with Crippen LogP contribution in [-0.2, 0) is 21.2 Å². The molecule has 1 aromatic heterocycles. The van der Waals surface area contributed by atoms with E-state index in [0.717, 1.165) is 24.0 Å². The van der Waals surface area contributed by atoms with Gasteiger partial charge in [-0.3, -0.25) is 18.9 Å². The summed E-state index contributed by atoms with van der Waals surface area (Å²) < 4.78 is 28.0. The Balaban J connectivity index is 1.60. The van der Waals surface area contributed by atoms with Gasteiger partial charge >= 0.3 is 0 Å². The van der Waals surface area contributed by atoms with Gasteiger partial charge in [0.25, 0.3) is 15.9 Å². The van der Waals surface area contributed by atoms with Gasteiger partial charge in [0, 0.05) is 45.4 Å². The molecule has 9 heteroatoms. The highest BCUT2D eigenvalue weighted by atomic mass is 32.2. The van der Waals surface area contributed by atoms with Gasteiger partial charge in [-0.15, -0.1) is 0 Å². The normalized spacial score (nSPS) is 16.8. The number of nitrogens with zero attached hydrogens (tertiary/aromatic N) is 3. The first-order chi connectivity index (χ1) is 14.8. The van der Waals surface area contributed by atoms with E-state index in [1.165, 1.54) is 35.6 Å². The summed E-state index contributed by atoms with van der Waals surface area (Å²) in [5.74, 6) is 0.0993. The summed E-state index contributed by atoms with van der Waals surface area (Å²) in [5.41, 5.74) is 3.15. The Morgan fingerprint density at radius 3 is 2.35 bits per heavy atom. The van der Waals surface area contributed by atoms with Crippen molar-refractivity contribution in [2.24, 2.45) is 0 Å². The summed E-state index contributed by atoms with van der Waals surface area (Å²) in [7, 11) is -2.23. The maximum absolute atomic E-state index is 13.3. The van der Waals surface area contributed by atoms with E-state index in [1.807, 2.05) is 11.1 Å². The fraction of sp³-hybridized carbons (Fsp3) is 0.409. The molecule has 1 N–H and O–H groups in total. The highest BCUT2D eigenvalue weighted by Crippen LogP contribution is 2.39. The predicted octanol–water partition coefficient (Wildman–Crippen LogP) is 1.92. The van der Waals surface area contributed by atoms with Crippen LogP contribution in [0.5, 0.6) is 0 Å². The van der Waals surface area contributed by atoms with Crippen LogP contribution < -0.4 is 9.62 Å². The van der Waals surface area contributed by atoms with Crippen LogP contribution >= 0.6 is 0 Å². The molecular weight excluding hydrogens is 416 g/mol. The van der Waals surface area contributed by atoms with Crippen LogP contribution in [0.3, 0.4) is 0 Å². The van der Waals surface area contributed by atoms with E-state index in [0.29, 0.717) is 37.3 Å². The van der Waals surface area contributed by atoms with Gasteiger partial charge in [-0.05, 0) is 60.6 Å². The van der Waals surface area contributed by atoms with Gasteiger partial charge in [-0.25, -0.2) is 8.42 Å². The van der Waals surface area contributed by atoms with Gasteiger partial charge in [0.1, 0.15) is 0 Å². The van der Waals surface area contributed by atoms with Gasteiger partial charge < -0.3 is 10.2 Å². The number of fused-ring (bicyclic) bond motifs is 1. The third-order valence-corrected chi connectivity index (χ3v) is 8.04. The van der Waals surface area contributed by atoms with E-state index < -0.39 is 10.0 Å². The summed E-state index contributed by atoms with van der Waals surface area (Å²) in [4.78, 5) is 29.7. The van der Waals surface area contributed by atoms with Gasteiger partial charge in [-0.2, -0.15) is 0 Å². The Labute approximate surface area is 182 Å². The third-order valence-electron chi connectivity index (χ3n) is 6.21. The van der Waals surface area contributed by atoms with Crippen LogP contribution in [0.25, 0.3) is 0 Å². The molecule has 2 aromatic rings. The molecule has 2 amide bonds. The van der Waals surface area contributed by atoms with Crippen molar-refractivity contribution in [1.82, 2.24) is 15.2 Å². The molecule has 8 nitrogen and oxygen atoms in total. The lowest BCUT2D eigenvalue weighted by atomic mass is 9.87. The second-order valence-corrected chi connectivity index (χ2v) is 9.80. The lowest BCUT2D eigenvalue weighted by molar-refractivity contribution is -0.129. The number of likely N-dealkylation sites (tertiary alicyclic amines) is 1. The molecule has 0 atom stereocenters. The molecule has 2 aliphatic rings. The van der Waals surface area contributed by atoms with Gasteiger partial charge in [-0.1, -0.05) is 0 Å². The number of hydrogen-bond acceptors (Lipinski definition) is 5. The summed E-state index contributed by atoms with van der Waals surface area (Å²) in [6.45, 7) is 3.37. The van der Waals surface area contributed by atoms with Crippen molar-refractivity contribution in [3.05, 3.63) is 53.3 Å². The van der Waals surface area contributed by atoms with E-state index in [4.69, 9.17) is 0 Å². The average molecular weight is 443 g/mol. The van der Waals surface area contributed by atoms with Crippen LogP contribution in [0, 0.1) is 0 Å². The number of sulfonamides is 1. The molecule has 2 aliphatic heterocycles. The van der Waals surface area contributed by atoms with Crippen molar-refractivity contribution >= 4 is 27.5 Å². The molecular formula is C22H26N4O4S. The Morgan fingerprint density at radius 1 is 1.06 bits per heavy atom. The van der Waals surface area contributed by atoms with Crippen LogP contribution in [-0.4, -0.2) is 56.8 Å². The summed E-state index contributed by atoms with van der Waals surface area (Å²) >= 11 is 0. The molecule has 0 radical (unpaired) electrons. The molecule has 0 spiro atoms. The van der Waals surface area contributed by atoms with Crippen molar-refractivity contribution in [1.29, 1.82) is 0 Å². The standard InChI is InChI=1S/C22H26N4O4S/c1-15(27)25-10-7-16(8-11-25)20-13-24-14-21-19(20)9-12-26(21)31(29,30)18-5-3-17(4-6-18)22(28)23-2/h3-6,13-14,16H,7-12H2,1-2H3,(H,23,28). The summed E-state index contributed by atoms with van der Waals surface area (Å²) in [6, 6.07) is 5.96. The van der Waals surface area contributed by atoms with Gasteiger partial charge in [0.2, 0.25) is 5.91 Å². The highest BCUT2D eigenvalue weighted by molar-refractivity contribution is 7.92. The third kappa shape index (κ3) is 3.89. The second kappa shape index (κ2) is 8.30. The zero-order valence-electron chi connectivity index (χ0n) is 17.7. The smallest absolute Gasteiger partial charge is 0.264 e. The molecule has 0 bridgehead atoms. The number of hydrogen-bond donors (Lipinski definition) is 1. The van der Waals surface area contributed by atoms with E-state index in [1.54, 1.807) is 13.1 Å². The zero-order chi connectivity index (χ0) is 22.2. The fourth-order valence-corrected chi connectivity index (χ4v) is 5.95. The van der Waals surface area contributed by atoms with E-state index >= 15 is 0 Å². The SMILES string of the molecule is CNC(=O)c1ccc(S(=O)(=O)N2CCc3c(C4CCN(C(C)=O)CC4)cncc32)cc1. The molecule has 4 rings (SSSR count). The number of aromatic nitrogens is 1. The van der Waals surface area contributed by atoms with Crippen LogP contribution in [0.15, 0.2) is 41.6 Å². The monoisotopic (exact) mass is 442 g/mol. The Morgan fingerprint density at radius 2 is 1.74 bits per heavy atom. The van der Waals surface area contributed by atoms with Crippen LogP contribution in [0.2, 0.25) is 0 Å². The number of rotatable bonds is 4.